The third-order valence-electron chi connectivity index (χ3n) is 4.19. The highest BCUT2D eigenvalue weighted by atomic mass is 16.4. The van der Waals surface area contributed by atoms with Crippen molar-refractivity contribution in [3.05, 3.63) is 54.1 Å². The molecule has 0 bridgehead atoms. The van der Waals surface area contributed by atoms with Crippen molar-refractivity contribution >= 4 is 23.0 Å². The Morgan fingerprint density at radius 2 is 1.54 bits per heavy atom. The van der Waals surface area contributed by atoms with Crippen molar-refractivity contribution in [2.45, 2.75) is 39.5 Å². The molecule has 0 unspecified atom stereocenters. The lowest BCUT2D eigenvalue weighted by atomic mass is 10.2. The van der Waals surface area contributed by atoms with Crippen LogP contribution < -0.4 is 4.90 Å². The standard InChI is InChI=1S/C21H27N3O2/c1-3-5-15-24(16-6-4-2)18-13-11-17(12-14-18)22-23-20-10-8-7-9-19(20)21(25)26/h7-14H,3-6,15-16H2,1-2H3,(H,25,26). The molecule has 2 rings (SSSR count). The minimum Gasteiger partial charge on any atom is -0.478 e. The molecule has 0 heterocycles. The highest BCUT2D eigenvalue weighted by Crippen LogP contribution is 2.25. The number of carboxylic acids is 1. The number of aromatic carboxylic acids is 1. The quantitative estimate of drug-likeness (QED) is 0.517. The lowest BCUT2D eigenvalue weighted by molar-refractivity contribution is 0.0697. The maximum absolute atomic E-state index is 11.2. The van der Waals surface area contributed by atoms with Gasteiger partial charge in [-0.1, -0.05) is 38.8 Å². The average Bonchev–Trinajstić information content (AvgIpc) is 2.67. The summed E-state index contributed by atoms with van der Waals surface area (Å²) in [7, 11) is 0. The Hall–Kier alpha value is -2.69. The number of rotatable bonds is 10. The van der Waals surface area contributed by atoms with Crippen LogP contribution in [0, 0.1) is 0 Å². The van der Waals surface area contributed by atoms with E-state index < -0.39 is 5.97 Å². The van der Waals surface area contributed by atoms with Gasteiger partial charge in [-0.15, -0.1) is 5.11 Å². The van der Waals surface area contributed by atoms with E-state index in [0.29, 0.717) is 11.4 Å². The lowest BCUT2D eigenvalue weighted by Crippen LogP contribution is -2.25. The van der Waals surface area contributed by atoms with Crippen LogP contribution in [0.1, 0.15) is 49.9 Å². The molecule has 0 aromatic heterocycles. The third kappa shape index (κ3) is 5.69. The number of anilines is 1. The Balaban J connectivity index is 2.12. The Bertz CT molecular complexity index is 718. The molecule has 26 heavy (non-hydrogen) atoms. The van der Waals surface area contributed by atoms with Crippen molar-refractivity contribution in [2.75, 3.05) is 18.0 Å². The minimum absolute atomic E-state index is 0.151. The zero-order valence-electron chi connectivity index (χ0n) is 15.6. The second-order valence-electron chi connectivity index (χ2n) is 6.23. The second-order valence-corrected chi connectivity index (χ2v) is 6.23. The predicted molar refractivity (Wildman–Crippen MR) is 106 cm³/mol. The van der Waals surface area contributed by atoms with Gasteiger partial charge in [0.1, 0.15) is 5.69 Å². The summed E-state index contributed by atoms with van der Waals surface area (Å²) in [6.45, 7) is 6.53. The molecule has 5 heteroatoms. The maximum Gasteiger partial charge on any atom is 0.337 e. The summed E-state index contributed by atoms with van der Waals surface area (Å²) in [5.41, 5.74) is 2.41. The van der Waals surface area contributed by atoms with Crippen LogP contribution in [0.5, 0.6) is 0 Å². The van der Waals surface area contributed by atoms with E-state index in [1.807, 2.05) is 12.1 Å². The van der Waals surface area contributed by atoms with Crippen LogP contribution in [0.25, 0.3) is 0 Å². The van der Waals surface area contributed by atoms with Gasteiger partial charge in [0.15, 0.2) is 0 Å². The topological polar surface area (TPSA) is 65.3 Å². The van der Waals surface area contributed by atoms with Crippen molar-refractivity contribution in [3.63, 3.8) is 0 Å². The number of azo groups is 1. The van der Waals surface area contributed by atoms with Crippen molar-refractivity contribution in [1.29, 1.82) is 0 Å². The first-order chi connectivity index (χ1) is 12.7. The number of hydrogen-bond donors (Lipinski definition) is 1. The van der Waals surface area contributed by atoms with Crippen molar-refractivity contribution in [1.82, 2.24) is 0 Å². The molecule has 0 amide bonds. The molecule has 0 saturated heterocycles. The first-order valence-electron chi connectivity index (χ1n) is 9.24. The normalized spacial score (nSPS) is 11.0. The molecule has 0 aliphatic carbocycles. The lowest BCUT2D eigenvalue weighted by Gasteiger charge is -2.24. The first-order valence-corrected chi connectivity index (χ1v) is 9.24. The minimum atomic E-state index is -1.00. The number of carbonyl (C=O) groups is 1. The van der Waals surface area contributed by atoms with Gasteiger partial charge in [-0.3, -0.25) is 0 Å². The fraction of sp³-hybridized carbons (Fsp3) is 0.381. The Morgan fingerprint density at radius 1 is 0.923 bits per heavy atom. The molecule has 0 aliphatic rings. The van der Waals surface area contributed by atoms with Gasteiger partial charge in [0.05, 0.1) is 11.3 Å². The van der Waals surface area contributed by atoms with E-state index in [-0.39, 0.29) is 5.56 Å². The number of nitrogens with zero attached hydrogens (tertiary/aromatic N) is 3. The first kappa shape index (κ1) is 19.6. The SMILES string of the molecule is CCCCN(CCCC)c1ccc(N=Nc2ccccc2C(=O)O)cc1. The highest BCUT2D eigenvalue weighted by Gasteiger charge is 2.08. The van der Waals surface area contributed by atoms with E-state index in [4.69, 9.17) is 0 Å². The summed E-state index contributed by atoms with van der Waals surface area (Å²) in [4.78, 5) is 13.6. The summed E-state index contributed by atoms with van der Waals surface area (Å²) in [5, 5.41) is 17.5. The van der Waals surface area contributed by atoms with Crippen molar-refractivity contribution < 1.29 is 9.90 Å². The van der Waals surface area contributed by atoms with Crippen LogP contribution in [0.3, 0.4) is 0 Å². The number of unbranched alkanes of at least 4 members (excludes halogenated alkanes) is 2. The smallest absolute Gasteiger partial charge is 0.337 e. The molecule has 2 aromatic rings. The summed E-state index contributed by atoms with van der Waals surface area (Å²) in [6.07, 6.45) is 4.71. The van der Waals surface area contributed by atoms with Crippen LogP contribution in [-0.4, -0.2) is 24.2 Å². The van der Waals surface area contributed by atoms with E-state index in [1.165, 1.54) is 37.4 Å². The van der Waals surface area contributed by atoms with Crippen LogP contribution >= 0.6 is 0 Å². The summed E-state index contributed by atoms with van der Waals surface area (Å²) in [6, 6.07) is 14.6. The van der Waals surface area contributed by atoms with Crippen molar-refractivity contribution in [2.24, 2.45) is 10.2 Å². The molecule has 0 spiro atoms. The fourth-order valence-corrected chi connectivity index (χ4v) is 2.65. The largest absolute Gasteiger partial charge is 0.478 e. The number of benzene rings is 2. The molecular formula is C21H27N3O2. The van der Waals surface area contributed by atoms with Crippen LogP contribution in [0.15, 0.2) is 58.8 Å². The number of carboxylic acid groups (broad SMARTS) is 1. The van der Waals surface area contributed by atoms with Crippen LogP contribution in [-0.2, 0) is 0 Å². The monoisotopic (exact) mass is 353 g/mol. The zero-order chi connectivity index (χ0) is 18.8. The van der Waals surface area contributed by atoms with Crippen molar-refractivity contribution in [3.8, 4) is 0 Å². The summed E-state index contributed by atoms with van der Waals surface area (Å²) >= 11 is 0. The molecule has 0 saturated carbocycles. The van der Waals surface area contributed by atoms with E-state index in [1.54, 1.807) is 18.2 Å². The highest BCUT2D eigenvalue weighted by molar-refractivity contribution is 5.93. The van der Waals surface area contributed by atoms with Gasteiger partial charge in [0.25, 0.3) is 0 Å². The average molecular weight is 353 g/mol. The molecule has 138 valence electrons. The third-order valence-corrected chi connectivity index (χ3v) is 4.19. The van der Waals surface area contributed by atoms with Gasteiger partial charge in [0, 0.05) is 18.8 Å². The molecule has 5 nitrogen and oxygen atoms in total. The summed E-state index contributed by atoms with van der Waals surface area (Å²) < 4.78 is 0. The van der Waals surface area contributed by atoms with E-state index in [9.17, 15) is 9.90 Å². The molecule has 0 radical (unpaired) electrons. The van der Waals surface area contributed by atoms with Crippen LogP contribution in [0.2, 0.25) is 0 Å². The fourth-order valence-electron chi connectivity index (χ4n) is 2.65. The predicted octanol–water partition coefficient (Wildman–Crippen LogP) is 6.21. The molecule has 0 aliphatic heterocycles. The second kappa shape index (κ2) is 10.3. The maximum atomic E-state index is 11.2. The van der Waals surface area contributed by atoms with Gasteiger partial charge in [0.2, 0.25) is 0 Å². The molecular weight excluding hydrogens is 326 g/mol. The molecule has 0 fully saturated rings. The molecule has 1 N–H and O–H groups in total. The van der Waals surface area contributed by atoms with Gasteiger partial charge in [-0.25, -0.2) is 4.79 Å². The van der Waals surface area contributed by atoms with E-state index in [0.717, 1.165) is 13.1 Å². The van der Waals surface area contributed by atoms with Crippen LogP contribution in [0.4, 0.5) is 17.1 Å². The van der Waals surface area contributed by atoms with E-state index >= 15 is 0 Å². The van der Waals surface area contributed by atoms with Gasteiger partial charge in [-0.05, 0) is 49.2 Å². The van der Waals surface area contributed by atoms with Gasteiger partial charge in [-0.2, -0.15) is 5.11 Å². The van der Waals surface area contributed by atoms with E-state index in [2.05, 4.69) is 41.1 Å². The molecule has 0 atom stereocenters. The Labute approximate surface area is 155 Å². The van der Waals surface area contributed by atoms with Gasteiger partial charge >= 0.3 is 5.97 Å². The molecule has 2 aromatic carbocycles. The van der Waals surface area contributed by atoms with Gasteiger partial charge < -0.3 is 10.0 Å². The Kier molecular flexibility index (Phi) is 7.80. The number of hydrogen-bond acceptors (Lipinski definition) is 4. The Morgan fingerprint density at radius 3 is 2.12 bits per heavy atom. The summed E-state index contributed by atoms with van der Waals surface area (Å²) in [5.74, 6) is -1.00. The zero-order valence-corrected chi connectivity index (χ0v) is 15.6.